The summed E-state index contributed by atoms with van der Waals surface area (Å²) in [6.07, 6.45) is 0. The molecule has 8 heteroatoms. The average Bonchev–Trinajstić information content (AvgIpc) is 2.55. The summed E-state index contributed by atoms with van der Waals surface area (Å²) < 4.78 is 27.8. The molecule has 1 aliphatic heterocycles. The van der Waals surface area contributed by atoms with Gasteiger partial charge in [-0.05, 0) is 6.07 Å². The van der Waals surface area contributed by atoms with Crippen LogP contribution < -0.4 is 10.9 Å². The molecule has 0 spiro atoms. The minimum atomic E-state index is -3.65. The number of fused-ring (bicyclic) bond motifs is 1. The Balaban J connectivity index is 2.67. The second-order valence-electron chi connectivity index (χ2n) is 3.67. The maximum Gasteiger partial charge on any atom is 0.295 e. The number of thiophene rings is 1. The molecular weight excluding hydrogens is 270 g/mol. The third-order valence-electron chi connectivity index (χ3n) is 2.12. The van der Waals surface area contributed by atoms with Crippen molar-refractivity contribution in [1.82, 2.24) is 0 Å². The third-order valence-corrected chi connectivity index (χ3v) is 5.16. The first kappa shape index (κ1) is 11.8. The molecule has 5 nitrogen and oxygen atoms in total. The summed E-state index contributed by atoms with van der Waals surface area (Å²) in [5.74, 6) is 6.06. The highest BCUT2D eigenvalue weighted by atomic mass is 35.5. The molecule has 1 aromatic rings. The Morgan fingerprint density at radius 1 is 1.56 bits per heavy atom. The zero-order valence-electron chi connectivity index (χ0n) is 8.64. The lowest BCUT2D eigenvalue weighted by molar-refractivity contribution is 0.598. The lowest BCUT2D eigenvalue weighted by atomic mass is 10.2. The number of amidine groups is 1. The fourth-order valence-electron chi connectivity index (χ4n) is 1.40. The fourth-order valence-corrected chi connectivity index (χ4v) is 4.34. The standard InChI is InChI=1S/C8H10ClN3O2S2/c1-4(2)7-11-16(13,14)8-5(12(7)10)3-6(9)15-8/h3-4H,10H2,1-2H3. The summed E-state index contributed by atoms with van der Waals surface area (Å²) in [6, 6.07) is 1.54. The van der Waals surface area contributed by atoms with Gasteiger partial charge in [0.2, 0.25) is 0 Å². The molecule has 88 valence electrons. The maximum absolute atomic E-state index is 11.8. The molecule has 16 heavy (non-hydrogen) atoms. The fraction of sp³-hybridized carbons (Fsp3) is 0.375. The Kier molecular flexibility index (Phi) is 2.73. The molecular formula is C8H10ClN3O2S2. The van der Waals surface area contributed by atoms with Crippen molar-refractivity contribution in [2.24, 2.45) is 16.2 Å². The third kappa shape index (κ3) is 1.73. The molecule has 0 saturated heterocycles. The molecule has 0 unspecified atom stereocenters. The van der Waals surface area contributed by atoms with Gasteiger partial charge in [0.15, 0.2) is 4.21 Å². The van der Waals surface area contributed by atoms with Crippen molar-refractivity contribution in [3.05, 3.63) is 10.4 Å². The zero-order chi connectivity index (χ0) is 12.1. The van der Waals surface area contributed by atoms with Gasteiger partial charge < -0.3 is 0 Å². The van der Waals surface area contributed by atoms with Crippen LogP contribution in [0.3, 0.4) is 0 Å². The highest BCUT2D eigenvalue weighted by Gasteiger charge is 2.33. The Morgan fingerprint density at radius 2 is 2.19 bits per heavy atom. The largest absolute Gasteiger partial charge is 0.295 e. The van der Waals surface area contributed by atoms with Crippen LogP contribution in [-0.2, 0) is 10.0 Å². The monoisotopic (exact) mass is 279 g/mol. The molecule has 1 aromatic heterocycles. The number of nitrogens with two attached hydrogens (primary N) is 1. The molecule has 1 aliphatic rings. The number of hydrogen-bond acceptors (Lipinski definition) is 5. The second kappa shape index (κ2) is 3.69. The highest BCUT2D eigenvalue weighted by molar-refractivity contribution is 7.92. The summed E-state index contributed by atoms with van der Waals surface area (Å²) in [5, 5.41) is 1.28. The summed E-state index contributed by atoms with van der Waals surface area (Å²) >= 11 is 6.76. The van der Waals surface area contributed by atoms with E-state index in [1.165, 1.54) is 11.1 Å². The molecule has 0 saturated carbocycles. The van der Waals surface area contributed by atoms with E-state index in [2.05, 4.69) is 4.40 Å². The first-order valence-electron chi connectivity index (χ1n) is 4.52. The normalized spacial score (nSPS) is 18.6. The van der Waals surface area contributed by atoms with Crippen LogP contribution in [0.15, 0.2) is 14.7 Å². The van der Waals surface area contributed by atoms with Gasteiger partial charge in [-0.1, -0.05) is 25.4 Å². The van der Waals surface area contributed by atoms with Crippen molar-refractivity contribution in [2.45, 2.75) is 18.1 Å². The van der Waals surface area contributed by atoms with Crippen LogP contribution in [0.4, 0.5) is 5.69 Å². The van der Waals surface area contributed by atoms with Gasteiger partial charge in [0.25, 0.3) is 10.0 Å². The molecule has 0 aromatic carbocycles. The lowest BCUT2D eigenvalue weighted by Crippen LogP contribution is -2.43. The molecule has 2 rings (SSSR count). The summed E-state index contributed by atoms with van der Waals surface area (Å²) in [5.41, 5.74) is 0.397. The number of rotatable bonds is 1. The number of nitrogens with zero attached hydrogens (tertiary/aromatic N) is 2. The lowest BCUT2D eigenvalue weighted by Gasteiger charge is -2.26. The quantitative estimate of drug-likeness (QED) is 0.796. The number of hydrazine groups is 1. The van der Waals surface area contributed by atoms with Gasteiger partial charge in [-0.3, -0.25) is 5.01 Å². The van der Waals surface area contributed by atoms with Gasteiger partial charge in [0.1, 0.15) is 5.84 Å². The Labute approximate surface area is 103 Å². The average molecular weight is 280 g/mol. The van der Waals surface area contributed by atoms with Gasteiger partial charge in [-0.25, -0.2) is 5.84 Å². The van der Waals surface area contributed by atoms with Crippen molar-refractivity contribution in [1.29, 1.82) is 0 Å². The SMILES string of the molecule is CC(C)C1=NS(=O)(=O)c2sc(Cl)cc2N1N. The molecule has 0 bridgehead atoms. The minimum absolute atomic E-state index is 0.0772. The van der Waals surface area contributed by atoms with E-state index in [1.54, 1.807) is 0 Å². The van der Waals surface area contributed by atoms with Crippen LogP contribution in [0.1, 0.15) is 13.8 Å². The Morgan fingerprint density at radius 3 is 2.75 bits per heavy atom. The van der Waals surface area contributed by atoms with E-state index in [0.29, 0.717) is 15.9 Å². The topological polar surface area (TPSA) is 75.8 Å². The van der Waals surface area contributed by atoms with Crippen molar-refractivity contribution in [3.8, 4) is 0 Å². The number of halogens is 1. The first-order valence-corrected chi connectivity index (χ1v) is 7.15. The van der Waals surface area contributed by atoms with Gasteiger partial charge in [0, 0.05) is 5.92 Å². The molecule has 0 radical (unpaired) electrons. The molecule has 0 amide bonds. The summed E-state index contributed by atoms with van der Waals surface area (Å²) in [4.78, 5) is 0. The van der Waals surface area contributed by atoms with Crippen LogP contribution in [0.2, 0.25) is 4.34 Å². The van der Waals surface area contributed by atoms with E-state index >= 15 is 0 Å². The van der Waals surface area contributed by atoms with Crippen LogP contribution in [0.5, 0.6) is 0 Å². The zero-order valence-corrected chi connectivity index (χ0v) is 11.0. The van der Waals surface area contributed by atoms with E-state index in [-0.39, 0.29) is 10.1 Å². The van der Waals surface area contributed by atoms with E-state index < -0.39 is 10.0 Å². The van der Waals surface area contributed by atoms with Gasteiger partial charge >= 0.3 is 0 Å². The molecule has 2 heterocycles. The van der Waals surface area contributed by atoms with E-state index in [4.69, 9.17) is 17.4 Å². The number of anilines is 1. The Hall–Kier alpha value is -0.630. The number of sulfonamides is 1. The van der Waals surface area contributed by atoms with Crippen LogP contribution in [-0.4, -0.2) is 14.3 Å². The summed E-state index contributed by atoms with van der Waals surface area (Å²) in [7, 11) is -3.65. The van der Waals surface area contributed by atoms with Gasteiger partial charge in [-0.15, -0.1) is 15.7 Å². The van der Waals surface area contributed by atoms with Crippen molar-refractivity contribution in [3.63, 3.8) is 0 Å². The molecule has 2 N–H and O–H groups in total. The van der Waals surface area contributed by atoms with E-state index in [0.717, 1.165) is 11.3 Å². The van der Waals surface area contributed by atoms with Gasteiger partial charge in [-0.2, -0.15) is 8.42 Å². The second-order valence-corrected chi connectivity index (χ2v) is 7.16. The molecule has 0 fully saturated rings. The summed E-state index contributed by atoms with van der Waals surface area (Å²) in [6.45, 7) is 3.65. The van der Waals surface area contributed by atoms with Crippen LogP contribution in [0, 0.1) is 5.92 Å². The molecule has 0 aliphatic carbocycles. The first-order chi connectivity index (χ1) is 7.33. The highest BCUT2D eigenvalue weighted by Crippen LogP contribution is 2.40. The predicted octanol–water partition coefficient (Wildman–Crippen LogP) is 1.84. The number of hydrogen-bond donors (Lipinski definition) is 1. The Bertz CT molecular complexity index is 562. The smallest absolute Gasteiger partial charge is 0.263 e. The van der Waals surface area contributed by atoms with Crippen molar-refractivity contribution in [2.75, 3.05) is 5.01 Å². The minimum Gasteiger partial charge on any atom is -0.263 e. The maximum atomic E-state index is 11.8. The predicted molar refractivity (Wildman–Crippen MR) is 65.5 cm³/mol. The van der Waals surface area contributed by atoms with Crippen LogP contribution >= 0.6 is 22.9 Å². The van der Waals surface area contributed by atoms with Crippen molar-refractivity contribution < 1.29 is 8.42 Å². The van der Waals surface area contributed by atoms with E-state index in [1.807, 2.05) is 13.8 Å². The van der Waals surface area contributed by atoms with Gasteiger partial charge in [0.05, 0.1) is 10.0 Å². The van der Waals surface area contributed by atoms with E-state index in [9.17, 15) is 8.42 Å². The molecule has 0 atom stereocenters. The van der Waals surface area contributed by atoms with Crippen molar-refractivity contribution >= 4 is 44.5 Å². The van der Waals surface area contributed by atoms with Crippen LogP contribution in [0.25, 0.3) is 0 Å².